The van der Waals surface area contributed by atoms with Gasteiger partial charge in [0.05, 0.1) is 0 Å². The summed E-state index contributed by atoms with van der Waals surface area (Å²) < 4.78 is 0. The van der Waals surface area contributed by atoms with Crippen LogP contribution in [0, 0.1) is 81.4 Å². The van der Waals surface area contributed by atoms with Gasteiger partial charge in [-0.15, -0.1) is 0 Å². The average Bonchev–Trinajstić information content (AvgIpc) is 2.97. The van der Waals surface area contributed by atoms with Gasteiger partial charge in [0, 0.05) is 24.1 Å². The van der Waals surface area contributed by atoms with Crippen LogP contribution in [0.5, 0.6) is 0 Å². The van der Waals surface area contributed by atoms with E-state index in [1.54, 1.807) is 0 Å². The molecule has 2 saturated carbocycles. The van der Waals surface area contributed by atoms with Crippen LogP contribution in [0.25, 0.3) is 0 Å². The Labute approximate surface area is 116 Å². The minimum Gasteiger partial charge on any atom is -0.276 e. The van der Waals surface area contributed by atoms with Crippen LogP contribution >= 0.6 is 0 Å². The predicted octanol–water partition coefficient (Wildman–Crippen LogP) is 1.94. The van der Waals surface area contributed by atoms with Crippen molar-refractivity contribution in [3.05, 3.63) is 81.4 Å². The molecule has 0 saturated heterocycles. The second-order valence-electron chi connectivity index (χ2n) is 2.82. The van der Waals surface area contributed by atoms with E-state index in [1.165, 1.54) is 7.05 Å². The van der Waals surface area contributed by atoms with Crippen molar-refractivity contribution in [1.82, 2.24) is 5.01 Å². The van der Waals surface area contributed by atoms with Crippen LogP contribution < -0.4 is 0 Å². The smallest absolute Gasteiger partial charge is 0.128 e. The summed E-state index contributed by atoms with van der Waals surface area (Å²) in [6, 6.07) is 0. The van der Waals surface area contributed by atoms with Crippen molar-refractivity contribution in [3.8, 4) is 0 Å². The second-order valence-corrected chi connectivity index (χ2v) is 2.82. The number of nitro groups is 1. The molecule has 0 aromatic heterocycles. The molecule has 0 spiro atoms. The molecule has 5 heteroatoms. The van der Waals surface area contributed by atoms with Gasteiger partial charge >= 0.3 is 0 Å². The molecule has 0 bridgehead atoms. The summed E-state index contributed by atoms with van der Waals surface area (Å²) in [7, 11) is 4.24. The third kappa shape index (κ3) is 15.7. The Morgan fingerprint density at radius 2 is 1.00 bits per heavy atom. The summed E-state index contributed by atoms with van der Waals surface area (Å²) in [4.78, 5) is 9.37. The van der Waals surface area contributed by atoms with Crippen LogP contribution in [-0.4, -0.2) is 17.1 Å². The van der Waals surface area contributed by atoms with Crippen molar-refractivity contribution >= 4 is 0 Å². The van der Waals surface area contributed by atoms with E-state index >= 15 is 0 Å². The van der Waals surface area contributed by atoms with Crippen molar-refractivity contribution in [1.29, 1.82) is 0 Å². The van der Waals surface area contributed by atoms with Crippen LogP contribution in [0.4, 0.5) is 0 Å². The molecule has 94 valence electrons. The molecule has 0 N–H and O–H groups in total. The molecule has 0 atom stereocenters. The third-order valence-electron chi connectivity index (χ3n) is 1.39. The van der Waals surface area contributed by atoms with E-state index in [0.29, 0.717) is 5.01 Å². The van der Waals surface area contributed by atoms with E-state index in [4.69, 9.17) is 0 Å². The zero-order chi connectivity index (χ0) is 12.2. The first kappa shape index (κ1) is 19.1. The van der Waals surface area contributed by atoms with Crippen molar-refractivity contribution in [2.45, 2.75) is 0 Å². The van der Waals surface area contributed by atoms with Gasteiger partial charge in [-0.3, -0.25) is 5.01 Å². The number of hydrazine groups is 1. The number of rotatable bonds is 1. The Kier molecular flexibility index (Phi) is 15.5. The van der Waals surface area contributed by atoms with Gasteiger partial charge in [0.1, 0.15) is 5.03 Å². The SMILES string of the molecule is [CH2-]N(C)[N+](=O)[O-].[CH]1[CH][CH][CH][CH]1.[CH]1[CH][CH][CH][CH]1.[Fe]. The van der Waals surface area contributed by atoms with E-state index in [0.717, 1.165) is 0 Å². The fourth-order valence-corrected chi connectivity index (χ4v) is 0.642. The van der Waals surface area contributed by atoms with Crippen LogP contribution in [0.3, 0.4) is 0 Å². The summed E-state index contributed by atoms with van der Waals surface area (Å²) in [5.41, 5.74) is 0. The van der Waals surface area contributed by atoms with E-state index < -0.39 is 5.03 Å². The molecule has 0 amide bonds. The molecule has 2 rings (SSSR count). The van der Waals surface area contributed by atoms with Gasteiger partial charge < -0.3 is 0 Å². The van der Waals surface area contributed by atoms with Crippen LogP contribution in [0.1, 0.15) is 0 Å². The zero-order valence-electron chi connectivity index (χ0n) is 9.55. The van der Waals surface area contributed by atoms with Gasteiger partial charge in [0.25, 0.3) is 0 Å². The summed E-state index contributed by atoms with van der Waals surface area (Å²) in [6.07, 6.45) is 20.0. The molecular formula is C12H15FeN2O2-. The first-order chi connectivity index (χ1) is 7.64. The number of hydrogen-bond donors (Lipinski definition) is 0. The van der Waals surface area contributed by atoms with Gasteiger partial charge in [0.2, 0.25) is 0 Å². The van der Waals surface area contributed by atoms with E-state index in [1.807, 2.05) is 64.2 Å². The van der Waals surface area contributed by atoms with E-state index in [9.17, 15) is 10.1 Å². The first-order valence-electron chi connectivity index (χ1n) is 4.66. The van der Waals surface area contributed by atoms with Gasteiger partial charge in [-0.25, -0.2) is 10.1 Å². The third-order valence-corrected chi connectivity index (χ3v) is 1.39. The van der Waals surface area contributed by atoms with Gasteiger partial charge in [-0.05, 0) is 64.2 Å². The molecule has 2 aliphatic carbocycles. The fourth-order valence-electron chi connectivity index (χ4n) is 0.642. The van der Waals surface area contributed by atoms with Gasteiger partial charge in [-0.1, -0.05) is 0 Å². The van der Waals surface area contributed by atoms with Gasteiger partial charge in [-0.2, -0.15) is 7.05 Å². The maximum absolute atomic E-state index is 9.37. The maximum atomic E-state index is 9.37. The topological polar surface area (TPSA) is 46.4 Å². The molecular weight excluding hydrogens is 260 g/mol. The van der Waals surface area contributed by atoms with Crippen LogP contribution in [0.2, 0.25) is 0 Å². The Morgan fingerprint density at radius 3 is 1.06 bits per heavy atom. The average molecular weight is 275 g/mol. The van der Waals surface area contributed by atoms with E-state index in [2.05, 4.69) is 7.05 Å². The molecule has 2 fully saturated rings. The molecule has 0 aliphatic heterocycles. The van der Waals surface area contributed by atoms with Gasteiger partial charge in [0.15, 0.2) is 0 Å². The summed E-state index contributed by atoms with van der Waals surface area (Å²) >= 11 is 0. The number of nitrogens with zero attached hydrogens (tertiary/aromatic N) is 2. The Balaban J connectivity index is 0. The molecule has 0 aromatic carbocycles. The van der Waals surface area contributed by atoms with Crippen LogP contribution in [-0.2, 0) is 17.1 Å². The maximum Gasteiger partial charge on any atom is 0.128 e. The fraction of sp³-hybridized carbons (Fsp3) is 0.0833. The van der Waals surface area contributed by atoms with Crippen LogP contribution in [0.15, 0.2) is 0 Å². The van der Waals surface area contributed by atoms with Crippen molar-refractivity contribution in [2.75, 3.05) is 7.05 Å². The zero-order valence-corrected chi connectivity index (χ0v) is 10.6. The molecule has 0 heterocycles. The second kappa shape index (κ2) is 13.8. The van der Waals surface area contributed by atoms with E-state index in [-0.39, 0.29) is 17.1 Å². The summed E-state index contributed by atoms with van der Waals surface area (Å²) in [5.74, 6) is 0. The van der Waals surface area contributed by atoms with Crippen molar-refractivity contribution in [3.63, 3.8) is 0 Å². The summed E-state index contributed by atoms with van der Waals surface area (Å²) in [5, 5.41) is 9.40. The normalized spacial score (nSPS) is 16.8. The van der Waals surface area contributed by atoms with Crippen molar-refractivity contribution < 1.29 is 22.1 Å². The molecule has 0 unspecified atom stereocenters. The summed E-state index contributed by atoms with van der Waals surface area (Å²) in [6.45, 7) is 0. The Bertz CT molecular complexity index is 145. The number of hydrogen-bond acceptors (Lipinski definition) is 2. The Hall–Kier alpha value is -0.281. The molecule has 4 nitrogen and oxygen atoms in total. The predicted molar refractivity (Wildman–Crippen MR) is 63.1 cm³/mol. The quantitative estimate of drug-likeness (QED) is 0.318. The monoisotopic (exact) mass is 275 g/mol. The minimum atomic E-state index is -0.611. The molecule has 2 aliphatic rings. The molecule has 0 aromatic rings. The molecule has 10 radical (unpaired) electrons. The Morgan fingerprint density at radius 1 is 0.882 bits per heavy atom. The minimum absolute atomic E-state index is 0. The van der Waals surface area contributed by atoms with Crippen molar-refractivity contribution in [2.24, 2.45) is 0 Å². The molecule has 17 heavy (non-hydrogen) atoms. The standard InChI is InChI=1S/2C5H5.C2H5N2O2.Fe/c2*1-2-4-5-3-1;1-3(2)4(5)6;/h2*1-5H;1H2,2H3;/q;;-1;. The first-order valence-corrected chi connectivity index (χ1v) is 4.66. The largest absolute Gasteiger partial charge is 0.276 e.